The number of rotatable bonds is 9. The fourth-order valence-corrected chi connectivity index (χ4v) is 2.60. The number of aromatic amines is 1. The van der Waals surface area contributed by atoms with E-state index in [9.17, 15) is 9.59 Å². The third kappa shape index (κ3) is 5.97. The van der Waals surface area contributed by atoms with Gasteiger partial charge in [-0.3, -0.25) is 9.89 Å². The van der Waals surface area contributed by atoms with Gasteiger partial charge in [-0.2, -0.15) is 16.9 Å². The van der Waals surface area contributed by atoms with Gasteiger partial charge >= 0.3 is 6.03 Å². The van der Waals surface area contributed by atoms with Crippen molar-refractivity contribution in [2.24, 2.45) is 5.73 Å². The Kier molecular flexibility index (Phi) is 7.79. The molecule has 0 bridgehead atoms. The second kappa shape index (κ2) is 9.34. The largest absolute Gasteiger partial charge is 0.352 e. The number of nitrogens with zero attached hydrogens (tertiary/aromatic N) is 1. The van der Waals surface area contributed by atoms with E-state index in [1.165, 1.54) is 0 Å². The number of amides is 3. The predicted octanol–water partition coefficient (Wildman–Crippen LogP) is 2.04. The van der Waals surface area contributed by atoms with E-state index in [0.717, 1.165) is 24.3 Å². The summed E-state index contributed by atoms with van der Waals surface area (Å²) in [6.07, 6.45) is 4.59. The number of primary amides is 1. The second-order valence-corrected chi connectivity index (χ2v) is 6.22. The molecule has 22 heavy (non-hydrogen) atoms. The lowest BCUT2D eigenvalue weighted by Crippen LogP contribution is -2.46. The summed E-state index contributed by atoms with van der Waals surface area (Å²) in [4.78, 5) is 23.2. The van der Waals surface area contributed by atoms with Crippen molar-refractivity contribution < 1.29 is 9.59 Å². The molecule has 124 valence electrons. The van der Waals surface area contributed by atoms with Crippen molar-refractivity contribution in [3.63, 3.8) is 0 Å². The number of carbonyl (C=O) groups is 2. The van der Waals surface area contributed by atoms with E-state index in [-0.39, 0.29) is 5.91 Å². The van der Waals surface area contributed by atoms with Gasteiger partial charge in [0.25, 0.3) is 0 Å². The molecule has 0 unspecified atom stereocenters. The van der Waals surface area contributed by atoms with Crippen LogP contribution in [0, 0.1) is 0 Å². The maximum absolute atomic E-state index is 12.2. The van der Waals surface area contributed by atoms with Gasteiger partial charge in [-0.15, -0.1) is 0 Å². The maximum Gasteiger partial charge on any atom is 0.312 e. The Balaban J connectivity index is 2.66. The average molecular weight is 327 g/mol. The molecule has 3 amide bonds. The number of aromatic nitrogens is 2. The molecule has 1 rings (SSSR count). The van der Waals surface area contributed by atoms with Crippen LogP contribution in [0.25, 0.3) is 0 Å². The SMILES string of the molecule is CCC[C@H](C)c1cc(NC(=O)[C@H](CCSC)NC(N)=O)n[nH]1. The molecule has 0 aliphatic rings. The van der Waals surface area contributed by atoms with Crippen molar-refractivity contribution >= 4 is 29.5 Å². The molecule has 0 radical (unpaired) electrons. The third-order valence-electron chi connectivity index (χ3n) is 3.35. The zero-order chi connectivity index (χ0) is 16.5. The van der Waals surface area contributed by atoms with Crippen molar-refractivity contribution in [1.29, 1.82) is 0 Å². The Labute approximate surface area is 135 Å². The van der Waals surface area contributed by atoms with Crippen molar-refractivity contribution in [2.45, 2.75) is 45.1 Å². The van der Waals surface area contributed by atoms with E-state index in [4.69, 9.17) is 5.73 Å². The van der Waals surface area contributed by atoms with Crippen LogP contribution >= 0.6 is 11.8 Å². The standard InChI is InChI=1S/C14H25N5O2S/c1-4-5-9(2)11-8-12(19-18-11)17-13(20)10(6-7-22-3)16-14(15)21/h8-10H,4-7H2,1-3H3,(H3,15,16,21)(H2,17,18,19,20)/t9-,10-/m0/s1. The molecule has 0 aliphatic heterocycles. The van der Waals surface area contributed by atoms with Gasteiger partial charge < -0.3 is 16.4 Å². The molecule has 0 saturated carbocycles. The Bertz CT molecular complexity index is 491. The van der Waals surface area contributed by atoms with E-state index in [1.807, 2.05) is 12.3 Å². The Hall–Kier alpha value is -1.70. The van der Waals surface area contributed by atoms with Crippen LogP contribution in [-0.4, -0.2) is 40.2 Å². The van der Waals surface area contributed by atoms with Gasteiger partial charge in [0, 0.05) is 11.8 Å². The second-order valence-electron chi connectivity index (χ2n) is 5.23. The van der Waals surface area contributed by atoms with Crippen LogP contribution < -0.4 is 16.4 Å². The first-order valence-electron chi connectivity index (χ1n) is 7.39. The molecule has 8 heteroatoms. The van der Waals surface area contributed by atoms with E-state index in [2.05, 4.69) is 34.7 Å². The first-order valence-corrected chi connectivity index (χ1v) is 8.78. The highest BCUT2D eigenvalue weighted by molar-refractivity contribution is 7.98. The third-order valence-corrected chi connectivity index (χ3v) is 3.99. The number of nitrogens with one attached hydrogen (secondary N) is 3. The van der Waals surface area contributed by atoms with E-state index < -0.39 is 12.1 Å². The minimum atomic E-state index is -0.708. The topological polar surface area (TPSA) is 113 Å². The van der Waals surface area contributed by atoms with Crippen LogP contribution in [-0.2, 0) is 4.79 Å². The zero-order valence-electron chi connectivity index (χ0n) is 13.3. The first-order chi connectivity index (χ1) is 10.5. The highest BCUT2D eigenvalue weighted by Gasteiger charge is 2.20. The number of nitrogens with two attached hydrogens (primary N) is 1. The number of H-pyrrole nitrogens is 1. The molecule has 0 spiro atoms. The summed E-state index contributed by atoms with van der Waals surface area (Å²) in [5.74, 6) is 1.26. The lowest BCUT2D eigenvalue weighted by Gasteiger charge is -2.15. The van der Waals surface area contributed by atoms with Crippen LogP contribution in [0.5, 0.6) is 0 Å². The monoisotopic (exact) mass is 327 g/mol. The predicted molar refractivity (Wildman–Crippen MR) is 90.0 cm³/mol. The molecular weight excluding hydrogens is 302 g/mol. The minimum absolute atomic E-state index is 0.311. The average Bonchev–Trinajstić information content (AvgIpc) is 2.91. The van der Waals surface area contributed by atoms with Crippen molar-refractivity contribution in [1.82, 2.24) is 15.5 Å². The van der Waals surface area contributed by atoms with Gasteiger partial charge in [0.05, 0.1) is 0 Å². The summed E-state index contributed by atoms with van der Waals surface area (Å²) in [7, 11) is 0. The van der Waals surface area contributed by atoms with Gasteiger partial charge in [0.1, 0.15) is 6.04 Å². The molecule has 0 saturated heterocycles. The fourth-order valence-electron chi connectivity index (χ4n) is 2.13. The quantitative estimate of drug-likeness (QED) is 0.556. The van der Waals surface area contributed by atoms with Crippen LogP contribution in [0.1, 0.15) is 44.7 Å². The summed E-state index contributed by atoms with van der Waals surface area (Å²) in [6.45, 7) is 4.24. The summed E-state index contributed by atoms with van der Waals surface area (Å²) in [5.41, 5.74) is 6.10. The molecule has 1 heterocycles. The fraction of sp³-hybridized carbons (Fsp3) is 0.643. The van der Waals surface area contributed by atoms with E-state index >= 15 is 0 Å². The molecule has 0 fully saturated rings. The minimum Gasteiger partial charge on any atom is -0.352 e. The number of hydrogen-bond donors (Lipinski definition) is 4. The number of urea groups is 1. The first kappa shape index (κ1) is 18.3. The molecule has 5 N–H and O–H groups in total. The Morgan fingerprint density at radius 1 is 1.45 bits per heavy atom. The zero-order valence-corrected chi connectivity index (χ0v) is 14.1. The molecule has 7 nitrogen and oxygen atoms in total. The number of anilines is 1. The molecule has 0 aromatic carbocycles. The normalized spacial score (nSPS) is 13.4. The van der Waals surface area contributed by atoms with Crippen molar-refractivity contribution in [3.05, 3.63) is 11.8 Å². The van der Waals surface area contributed by atoms with Gasteiger partial charge in [-0.25, -0.2) is 4.79 Å². The van der Waals surface area contributed by atoms with Crippen LogP contribution in [0.3, 0.4) is 0 Å². The highest BCUT2D eigenvalue weighted by Crippen LogP contribution is 2.20. The van der Waals surface area contributed by atoms with Crippen LogP contribution in [0.15, 0.2) is 6.07 Å². The lowest BCUT2D eigenvalue weighted by molar-refractivity contribution is -0.118. The maximum atomic E-state index is 12.2. The Morgan fingerprint density at radius 2 is 2.18 bits per heavy atom. The van der Waals surface area contributed by atoms with Crippen molar-refractivity contribution in [2.75, 3.05) is 17.3 Å². The van der Waals surface area contributed by atoms with Gasteiger partial charge in [0.15, 0.2) is 5.82 Å². The number of hydrogen-bond acceptors (Lipinski definition) is 4. The van der Waals surface area contributed by atoms with E-state index in [0.29, 0.717) is 18.2 Å². The molecule has 0 aliphatic carbocycles. The number of thioether (sulfide) groups is 1. The molecule has 1 aromatic heterocycles. The van der Waals surface area contributed by atoms with E-state index in [1.54, 1.807) is 11.8 Å². The molecular formula is C14H25N5O2S. The molecule has 2 atom stereocenters. The van der Waals surface area contributed by atoms with Gasteiger partial charge in [-0.1, -0.05) is 20.3 Å². The summed E-state index contributed by atoms with van der Waals surface area (Å²) in [5, 5.41) is 12.2. The highest BCUT2D eigenvalue weighted by atomic mass is 32.2. The summed E-state index contributed by atoms with van der Waals surface area (Å²) >= 11 is 1.60. The number of carbonyl (C=O) groups excluding carboxylic acids is 2. The van der Waals surface area contributed by atoms with Crippen LogP contribution in [0.4, 0.5) is 10.6 Å². The van der Waals surface area contributed by atoms with Gasteiger partial charge in [0.2, 0.25) is 5.91 Å². The Morgan fingerprint density at radius 3 is 2.77 bits per heavy atom. The van der Waals surface area contributed by atoms with Crippen LogP contribution in [0.2, 0.25) is 0 Å². The smallest absolute Gasteiger partial charge is 0.312 e. The summed E-state index contributed by atoms with van der Waals surface area (Å²) < 4.78 is 0. The molecule has 1 aromatic rings. The summed E-state index contributed by atoms with van der Waals surface area (Å²) in [6, 6.07) is 0.465. The lowest BCUT2D eigenvalue weighted by atomic mass is 10.0. The van der Waals surface area contributed by atoms with Crippen molar-refractivity contribution in [3.8, 4) is 0 Å². The van der Waals surface area contributed by atoms with Gasteiger partial charge in [-0.05, 0) is 30.8 Å².